The highest BCUT2D eigenvalue weighted by Gasteiger charge is 2.20. The number of nitrogens with zero attached hydrogens (tertiary/aromatic N) is 3. The molecule has 1 amide bonds. The smallest absolute Gasteiger partial charge is 0.296 e. The molecule has 1 N–H and O–H groups in total. The summed E-state index contributed by atoms with van der Waals surface area (Å²) in [5, 5.41) is 11.7. The number of rotatable bonds is 6. The Balaban J connectivity index is 1.51. The molecule has 1 fully saturated rings. The lowest BCUT2D eigenvalue weighted by Crippen LogP contribution is -2.25. The quantitative estimate of drug-likeness (QED) is 0.663. The van der Waals surface area contributed by atoms with Gasteiger partial charge in [0, 0.05) is 36.4 Å². The Morgan fingerprint density at radius 2 is 2.00 bits per heavy atom. The molecule has 1 aliphatic rings. The number of carbonyl (C=O) groups excluding carboxylic acids is 1. The van der Waals surface area contributed by atoms with E-state index in [-0.39, 0.29) is 12.0 Å². The number of benzene rings is 1. The van der Waals surface area contributed by atoms with Gasteiger partial charge < -0.3 is 14.2 Å². The molecule has 0 saturated carbocycles. The predicted octanol–water partition coefficient (Wildman–Crippen LogP) is 3.42. The van der Waals surface area contributed by atoms with Gasteiger partial charge in [0.15, 0.2) is 0 Å². The summed E-state index contributed by atoms with van der Waals surface area (Å²) >= 11 is 1.20. The Hall–Kier alpha value is -3.04. The van der Waals surface area contributed by atoms with Crippen LogP contribution in [0.2, 0.25) is 0 Å². The summed E-state index contributed by atoms with van der Waals surface area (Å²) in [5.74, 6) is 0.361. The summed E-state index contributed by atoms with van der Waals surface area (Å²) in [6.07, 6.45) is 4.93. The Labute approximate surface area is 171 Å². The molecule has 0 atom stereocenters. The van der Waals surface area contributed by atoms with Crippen LogP contribution in [0.15, 0.2) is 42.7 Å². The van der Waals surface area contributed by atoms with Crippen molar-refractivity contribution in [3.63, 3.8) is 0 Å². The average Bonchev–Trinajstić information content (AvgIpc) is 3.21. The van der Waals surface area contributed by atoms with Crippen molar-refractivity contribution >= 4 is 22.4 Å². The molecule has 0 spiro atoms. The number of aromatic nitrogens is 3. The third-order valence-corrected chi connectivity index (χ3v) is 5.26. The maximum absolute atomic E-state index is 12.9. The molecule has 1 aromatic carbocycles. The zero-order chi connectivity index (χ0) is 20.1. The van der Waals surface area contributed by atoms with Crippen molar-refractivity contribution in [2.75, 3.05) is 25.6 Å². The maximum Gasteiger partial charge on any atom is 0.296 e. The number of methoxy groups -OCH3 is 1. The Kier molecular flexibility index (Phi) is 5.97. The van der Waals surface area contributed by atoms with E-state index in [2.05, 4.69) is 20.5 Å². The van der Waals surface area contributed by atoms with Gasteiger partial charge in [0.1, 0.15) is 11.9 Å². The first-order valence-corrected chi connectivity index (χ1v) is 10.0. The fourth-order valence-electron chi connectivity index (χ4n) is 3.08. The number of pyridine rings is 1. The summed E-state index contributed by atoms with van der Waals surface area (Å²) < 4.78 is 16.6. The van der Waals surface area contributed by atoms with Crippen LogP contribution in [0.4, 0.5) is 5.13 Å². The summed E-state index contributed by atoms with van der Waals surface area (Å²) in [6.45, 7) is 1.36. The zero-order valence-electron chi connectivity index (χ0n) is 15.8. The largest absolute Gasteiger partial charge is 0.496 e. The highest BCUT2D eigenvalue weighted by molar-refractivity contribution is 7.17. The minimum absolute atomic E-state index is 0.0672. The standard InChI is InChI=1S/C20H20N4O4S/c1-26-17-5-3-2-4-14(17)16-12-21-9-6-15(16)18(25)22-19-23-24-20(29-19)28-13-7-10-27-11-8-13/h2-6,9,12-13H,7-8,10-11H2,1H3,(H,22,23,25). The van der Waals surface area contributed by atoms with Crippen LogP contribution in [0.3, 0.4) is 0 Å². The second-order valence-electron chi connectivity index (χ2n) is 6.38. The minimum atomic E-state index is -0.304. The third-order valence-electron chi connectivity index (χ3n) is 4.53. The molecule has 0 bridgehead atoms. The Bertz CT molecular complexity index is 988. The monoisotopic (exact) mass is 412 g/mol. The molecular formula is C20H20N4O4S. The molecule has 8 nitrogen and oxygen atoms in total. The van der Waals surface area contributed by atoms with Gasteiger partial charge in [-0.15, -0.1) is 5.10 Å². The van der Waals surface area contributed by atoms with Gasteiger partial charge in [-0.2, -0.15) is 0 Å². The van der Waals surface area contributed by atoms with Crippen LogP contribution in [0.1, 0.15) is 23.2 Å². The van der Waals surface area contributed by atoms with E-state index in [1.165, 1.54) is 11.3 Å². The van der Waals surface area contributed by atoms with E-state index in [0.29, 0.717) is 40.4 Å². The van der Waals surface area contributed by atoms with E-state index in [1.54, 1.807) is 25.6 Å². The van der Waals surface area contributed by atoms with Gasteiger partial charge in [0.2, 0.25) is 5.13 Å². The summed E-state index contributed by atoms with van der Waals surface area (Å²) in [5.41, 5.74) is 1.92. The first-order chi connectivity index (χ1) is 14.2. The zero-order valence-corrected chi connectivity index (χ0v) is 16.6. The maximum atomic E-state index is 12.9. The topological polar surface area (TPSA) is 95.5 Å². The molecule has 1 saturated heterocycles. The van der Waals surface area contributed by atoms with Gasteiger partial charge in [-0.3, -0.25) is 15.1 Å². The van der Waals surface area contributed by atoms with Crippen LogP contribution in [0.25, 0.3) is 11.1 Å². The number of carbonyl (C=O) groups is 1. The molecule has 3 aromatic rings. The van der Waals surface area contributed by atoms with Crippen LogP contribution < -0.4 is 14.8 Å². The molecule has 29 heavy (non-hydrogen) atoms. The number of hydrogen-bond acceptors (Lipinski definition) is 8. The van der Waals surface area contributed by atoms with E-state index in [1.807, 2.05) is 24.3 Å². The van der Waals surface area contributed by atoms with Gasteiger partial charge >= 0.3 is 0 Å². The predicted molar refractivity (Wildman–Crippen MR) is 109 cm³/mol. The van der Waals surface area contributed by atoms with Crippen LogP contribution >= 0.6 is 11.3 Å². The van der Waals surface area contributed by atoms with Crippen molar-refractivity contribution in [1.82, 2.24) is 15.2 Å². The molecule has 0 aliphatic carbocycles. The van der Waals surface area contributed by atoms with Gasteiger partial charge in [0.05, 0.1) is 25.9 Å². The van der Waals surface area contributed by atoms with Crippen LogP contribution in [0, 0.1) is 0 Å². The van der Waals surface area contributed by atoms with E-state index >= 15 is 0 Å². The van der Waals surface area contributed by atoms with Crippen molar-refractivity contribution in [1.29, 1.82) is 0 Å². The van der Waals surface area contributed by atoms with E-state index < -0.39 is 0 Å². The molecule has 4 rings (SSSR count). The first kappa shape index (κ1) is 19.3. The fraction of sp³-hybridized carbons (Fsp3) is 0.300. The summed E-state index contributed by atoms with van der Waals surface area (Å²) in [4.78, 5) is 17.1. The van der Waals surface area contributed by atoms with E-state index in [9.17, 15) is 4.79 Å². The minimum Gasteiger partial charge on any atom is -0.496 e. The van der Waals surface area contributed by atoms with Gasteiger partial charge in [-0.05, 0) is 23.5 Å². The summed E-state index contributed by atoms with van der Waals surface area (Å²) in [6, 6.07) is 9.15. The van der Waals surface area contributed by atoms with Crippen molar-refractivity contribution in [3.05, 3.63) is 48.3 Å². The molecule has 2 aromatic heterocycles. The lowest BCUT2D eigenvalue weighted by Gasteiger charge is -2.21. The third kappa shape index (κ3) is 4.52. The van der Waals surface area contributed by atoms with Crippen LogP contribution in [0.5, 0.6) is 10.9 Å². The average molecular weight is 412 g/mol. The van der Waals surface area contributed by atoms with Crippen molar-refractivity contribution < 1.29 is 19.0 Å². The number of nitrogens with one attached hydrogen (secondary N) is 1. The van der Waals surface area contributed by atoms with Crippen molar-refractivity contribution in [2.24, 2.45) is 0 Å². The molecule has 9 heteroatoms. The molecule has 0 radical (unpaired) electrons. The SMILES string of the molecule is COc1ccccc1-c1cnccc1C(=O)Nc1nnc(OC2CCOCC2)s1. The molecule has 150 valence electrons. The lowest BCUT2D eigenvalue weighted by atomic mass is 10.0. The van der Waals surface area contributed by atoms with Gasteiger partial charge in [-0.1, -0.05) is 23.3 Å². The van der Waals surface area contributed by atoms with Crippen molar-refractivity contribution in [3.8, 4) is 22.1 Å². The second kappa shape index (κ2) is 8.97. The van der Waals surface area contributed by atoms with Crippen LogP contribution in [-0.2, 0) is 4.74 Å². The van der Waals surface area contributed by atoms with E-state index in [0.717, 1.165) is 18.4 Å². The van der Waals surface area contributed by atoms with E-state index in [4.69, 9.17) is 14.2 Å². The number of para-hydroxylation sites is 1. The van der Waals surface area contributed by atoms with Gasteiger partial charge in [-0.25, -0.2) is 0 Å². The lowest BCUT2D eigenvalue weighted by molar-refractivity contribution is 0.0252. The second-order valence-corrected chi connectivity index (χ2v) is 7.32. The fourth-order valence-corrected chi connectivity index (χ4v) is 3.74. The molecular weight excluding hydrogens is 392 g/mol. The molecule has 0 unspecified atom stereocenters. The van der Waals surface area contributed by atoms with Crippen molar-refractivity contribution in [2.45, 2.75) is 18.9 Å². The number of ether oxygens (including phenoxy) is 3. The summed E-state index contributed by atoms with van der Waals surface area (Å²) in [7, 11) is 1.59. The molecule has 3 heterocycles. The highest BCUT2D eigenvalue weighted by Crippen LogP contribution is 2.32. The normalized spacial score (nSPS) is 14.4. The number of hydrogen-bond donors (Lipinski definition) is 1. The van der Waals surface area contributed by atoms with Crippen LogP contribution in [-0.4, -0.2) is 47.5 Å². The number of anilines is 1. The van der Waals surface area contributed by atoms with Gasteiger partial charge in [0.25, 0.3) is 11.1 Å². The Morgan fingerprint density at radius 3 is 2.83 bits per heavy atom. The molecule has 1 aliphatic heterocycles. The highest BCUT2D eigenvalue weighted by atomic mass is 32.1. The number of amides is 1. The Morgan fingerprint density at radius 1 is 1.17 bits per heavy atom. The first-order valence-electron chi connectivity index (χ1n) is 9.21.